The molecule has 112 valence electrons. The number of fused-ring (bicyclic) bond motifs is 1. The highest BCUT2D eigenvalue weighted by atomic mass is 14.7. The van der Waals surface area contributed by atoms with Gasteiger partial charge in [0.25, 0.3) is 0 Å². The van der Waals surface area contributed by atoms with Crippen LogP contribution >= 0.6 is 0 Å². The monoisotopic (exact) mass is 274 g/mol. The van der Waals surface area contributed by atoms with Gasteiger partial charge in [-0.2, -0.15) is 0 Å². The first-order valence-electron chi connectivity index (χ1n) is 8.16. The van der Waals surface area contributed by atoms with Crippen molar-refractivity contribution >= 4 is 0 Å². The summed E-state index contributed by atoms with van der Waals surface area (Å²) >= 11 is 0. The van der Waals surface area contributed by atoms with Crippen LogP contribution in [0.1, 0.15) is 81.5 Å². The van der Waals surface area contributed by atoms with Gasteiger partial charge in [0.15, 0.2) is 0 Å². The molecule has 3 unspecified atom stereocenters. The summed E-state index contributed by atoms with van der Waals surface area (Å²) in [4.78, 5) is 0. The zero-order valence-electron chi connectivity index (χ0n) is 13.3. The number of benzene rings is 1. The Kier molecular flexibility index (Phi) is 4.87. The summed E-state index contributed by atoms with van der Waals surface area (Å²) < 4.78 is 0. The van der Waals surface area contributed by atoms with E-state index in [-0.39, 0.29) is 11.6 Å². The molecule has 2 nitrogen and oxygen atoms in total. The molecule has 0 radical (unpaired) electrons. The van der Waals surface area contributed by atoms with E-state index in [1.165, 1.54) is 23.1 Å². The standard InChI is InChI=1S/C18H30N2/c1-4-6-16(18(3,20)11-5-2)14-8-7-13-9-10-17(19)15(13)12-14/h7-8,12,16-17H,4-6,9-11,19-20H2,1-3H3. The molecule has 0 aromatic heterocycles. The summed E-state index contributed by atoms with van der Waals surface area (Å²) in [5, 5.41) is 0. The third-order valence-corrected chi connectivity index (χ3v) is 4.86. The van der Waals surface area contributed by atoms with Crippen LogP contribution in [0.4, 0.5) is 0 Å². The molecule has 4 N–H and O–H groups in total. The third-order valence-electron chi connectivity index (χ3n) is 4.86. The Morgan fingerprint density at radius 2 is 2.05 bits per heavy atom. The minimum Gasteiger partial charge on any atom is -0.325 e. The van der Waals surface area contributed by atoms with E-state index in [0.29, 0.717) is 5.92 Å². The summed E-state index contributed by atoms with van der Waals surface area (Å²) in [6.07, 6.45) is 6.75. The fraction of sp³-hybridized carbons (Fsp3) is 0.667. The molecule has 0 heterocycles. The molecule has 0 saturated carbocycles. The van der Waals surface area contributed by atoms with E-state index >= 15 is 0 Å². The molecule has 0 saturated heterocycles. The van der Waals surface area contributed by atoms with Gasteiger partial charge >= 0.3 is 0 Å². The van der Waals surface area contributed by atoms with Crippen molar-refractivity contribution in [3.05, 3.63) is 34.9 Å². The second-order valence-electron chi connectivity index (χ2n) is 6.70. The van der Waals surface area contributed by atoms with Crippen LogP contribution in [-0.4, -0.2) is 5.54 Å². The quantitative estimate of drug-likeness (QED) is 0.822. The molecule has 1 aliphatic rings. The molecular weight excluding hydrogens is 244 g/mol. The SMILES string of the molecule is CCCC(c1ccc2c(c1)C(N)CC2)C(C)(N)CCC. The molecule has 0 spiro atoms. The first-order chi connectivity index (χ1) is 9.49. The van der Waals surface area contributed by atoms with Gasteiger partial charge in [-0.25, -0.2) is 0 Å². The maximum absolute atomic E-state index is 6.64. The topological polar surface area (TPSA) is 52.0 Å². The minimum atomic E-state index is -0.123. The van der Waals surface area contributed by atoms with Gasteiger partial charge in [-0.3, -0.25) is 0 Å². The highest BCUT2D eigenvalue weighted by Gasteiger charge is 2.31. The fourth-order valence-electron chi connectivity index (χ4n) is 3.75. The maximum Gasteiger partial charge on any atom is 0.0300 e. The van der Waals surface area contributed by atoms with Crippen molar-refractivity contribution in [2.24, 2.45) is 11.5 Å². The number of hydrogen-bond donors (Lipinski definition) is 2. The summed E-state index contributed by atoms with van der Waals surface area (Å²) in [5.74, 6) is 0.436. The Bertz CT molecular complexity index is 451. The van der Waals surface area contributed by atoms with Crippen LogP contribution in [0.3, 0.4) is 0 Å². The average molecular weight is 274 g/mol. The van der Waals surface area contributed by atoms with Gasteiger partial charge in [0.05, 0.1) is 0 Å². The van der Waals surface area contributed by atoms with Crippen molar-refractivity contribution in [1.82, 2.24) is 0 Å². The van der Waals surface area contributed by atoms with E-state index in [4.69, 9.17) is 11.5 Å². The summed E-state index contributed by atoms with van der Waals surface area (Å²) in [5.41, 5.74) is 16.9. The smallest absolute Gasteiger partial charge is 0.0300 e. The van der Waals surface area contributed by atoms with Crippen molar-refractivity contribution in [3.63, 3.8) is 0 Å². The predicted molar refractivity (Wildman–Crippen MR) is 86.8 cm³/mol. The van der Waals surface area contributed by atoms with Crippen LogP contribution in [0.25, 0.3) is 0 Å². The van der Waals surface area contributed by atoms with Crippen molar-refractivity contribution in [3.8, 4) is 0 Å². The molecule has 0 bridgehead atoms. The first kappa shape index (κ1) is 15.5. The predicted octanol–water partition coefficient (Wildman–Crippen LogP) is 4.03. The Morgan fingerprint density at radius 1 is 1.30 bits per heavy atom. The molecule has 2 rings (SSSR count). The van der Waals surface area contributed by atoms with Gasteiger partial charge in [-0.1, -0.05) is 44.9 Å². The number of hydrogen-bond acceptors (Lipinski definition) is 2. The van der Waals surface area contributed by atoms with E-state index in [0.717, 1.165) is 32.1 Å². The Balaban J connectivity index is 2.32. The Hall–Kier alpha value is -0.860. The molecular formula is C18H30N2. The Labute approximate surface area is 123 Å². The normalized spacial score (nSPS) is 22.4. The maximum atomic E-state index is 6.64. The number of rotatable bonds is 6. The summed E-state index contributed by atoms with van der Waals surface area (Å²) in [6, 6.07) is 7.14. The number of aryl methyl sites for hydroxylation is 1. The van der Waals surface area contributed by atoms with E-state index in [1.807, 2.05) is 0 Å². The lowest BCUT2D eigenvalue weighted by Gasteiger charge is -2.35. The Morgan fingerprint density at radius 3 is 2.70 bits per heavy atom. The lowest BCUT2D eigenvalue weighted by atomic mass is 9.75. The van der Waals surface area contributed by atoms with Crippen LogP contribution < -0.4 is 11.5 Å². The van der Waals surface area contributed by atoms with Crippen LogP contribution in [0.2, 0.25) is 0 Å². The van der Waals surface area contributed by atoms with Crippen molar-refractivity contribution in [2.45, 2.75) is 76.8 Å². The largest absolute Gasteiger partial charge is 0.325 e. The van der Waals surface area contributed by atoms with Crippen LogP contribution in [0, 0.1) is 0 Å². The van der Waals surface area contributed by atoms with Gasteiger partial charge in [0, 0.05) is 17.5 Å². The third kappa shape index (κ3) is 3.07. The fourth-order valence-corrected chi connectivity index (χ4v) is 3.75. The second kappa shape index (κ2) is 6.28. The number of nitrogens with two attached hydrogens (primary N) is 2. The molecule has 2 heteroatoms. The lowest BCUT2D eigenvalue weighted by molar-refractivity contribution is 0.330. The van der Waals surface area contributed by atoms with Crippen molar-refractivity contribution < 1.29 is 0 Å². The van der Waals surface area contributed by atoms with E-state index in [1.54, 1.807) is 0 Å². The van der Waals surface area contributed by atoms with Crippen molar-refractivity contribution in [2.75, 3.05) is 0 Å². The summed E-state index contributed by atoms with van der Waals surface area (Å²) in [7, 11) is 0. The molecule has 0 fully saturated rings. The molecule has 1 aromatic rings. The van der Waals surface area contributed by atoms with Crippen LogP contribution in [-0.2, 0) is 6.42 Å². The highest BCUT2D eigenvalue weighted by Crippen LogP contribution is 2.37. The van der Waals surface area contributed by atoms with Gasteiger partial charge in [-0.05, 0) is 49.3 Å². The zero-order chi connectivity index (χ0) is 14.8. The zero-order valence-corrected chi connectivity index (χ0v) is 13.3. The van der Waals surface area contributed by atoms with E-state index in [2.05, 4.69) is 39.0 Å². The van der Waals surface area contributed by atoms with Gasteiger partial charge in [0.2, 0.25) is 0 Å². The van der Waals surface area contributed by atoms with Gasteiger partial charge in [-0.15, -0.1) is 0 Å². The van der Waals surface area contributed by atoms with Gasteiger partial charge in [0.1, 0.15) is 0 Å². The minimum absolute atomic E-state index is 0.123. The molecule has 3 atom stereocenters. The molecule has 0 aliphatic heterocycles. The van der Waals surface area contributed by atoms with E-state index in [9.17, 15) is 0 Å². The molecule has 0 amide bonds. The second-order valence-corrected chi connectivity index (χ2v) is 6.70. The lowest BCUT2D eigenvalue weighted by Crippen LogP contribution is -2.42. The summed E-state index contributed by atoms with van der Waals surface area (Å²) in [6.45, 7) is 6.67. The van der Waals surface area contributed by atoms with Crippen LogP contribution in [0.15, 0.2) is 18.2 Å². The first-order valence-corrected chi connectivity index (χ1v) is 8.16. The average Bonchev–Trinajstić information content (AvgIpc) is 2.77. The molecule has 20 heavy (non-hydrogen) atoms. The van der Waals surface area contributed by atoms with Crippen LogP contribution in [0.5, 0.6) is 0 Å². The van der Waals surface area contributed by atoms with E-state index < -0.39 is 0 Å². The molecule has 1 aliphatic carbocycles. The highest BCUT2D eigenvalue weighted by molar-refractivity contribution is 5.40. The molecule has 1 aromatic carbocycles. The van der Waals surface area contributed by atoms with Gasteiger partial charge < -0.3 is 11.5 Å². The van der Waals surface area contributed by atoms with Crippen molar-refractivity contribution in [1.29, 1.82) is 0 Å².